The second-order valence-corrected chi connectivity index (χ2v) is 6.27. The van der Waals surface area contributed by atoms with Gasteiger partial charge in [-0.3, -0.25) is 4.79 Å². The van der Waals surface area contributed by atoms with Gasteiger partial charge in [-0.1, -0.05) is 6.07 Å². The summed E-state index contributed by atoms with van der Waals surface area (Å²) in [7, 11) is 1.42. The molecule has 1 saturated heterocycles. The Bertz CT molecular complexity index is 979. The van der Waals surface area contributed by atoms with Crippen molar-refractivity contribution in [3.63, 3.8) is 0 Å². The molecule has 2 heterocycles. The molecule has 1 unspecified atom stereocenters. The third kappa shape index (κ3) is 1.27. The van der Waals surface area contributed by atoms with E-state index in [-0.39, 0.29) is 24.3 Å². The van der Waals surface area contributed by atoms with Crippen LogP contribution in [0.1, 0.15) is 41.3 Å². The summed E-state index contributed by atoms with van der Waals surface area (Å²) in [5, 5.41) is 0. The highest BCUT2D eigenvalue weighted by atomic mass is 16.5. The molecule has 0 N–H and O–H groups in total. The number of likely N-dealkylation sites (tertiary alicyclic amines) is 1. The lowest BCUT2D eigenvalue weighted by molar-refractivity contribution is -0.138. The number of nitrogens with zero attached hydrogens (tertiary/aromatic N) is 1. The van der Waals surface area contributed by atoms with Crippen molar-refractivity contribution < 1.29 is 25.2 Å². The van der Waals surface area contributed by atoms with Crippen LogP contribution < -0.4 is 9.47 Å². The van der Waals surface area contributed by atoms with Gasteiger partial charge in [0.2, 0.25) is 0 Å². The maximum Gasteiger partial charge on any atom is 0.174 e. The van der Waals surface area contributed by atoms with E-state index in [4.69, 9.17) is 19.1 Å². The quantitative estimate of drug-likeness (QED) is 0.795. The number of Topliss-reactive ketones (excluding diaryl/α,β-unsaturated/α-hetero) is 1. The molecular weight excluding hydrogens is 278 g/mol. The summed E-state index contributed by atoms with van der Waals surface area (Å²) < 4.78 is 79.0. The number of ketones is 1. The molecule has 2 aliphatic carbocycles. The van der Waals surface area contributed by atoms with Gasteiger partial charge in [0.05, 0.1) is 7.11 Å². The monoisotopic (exact) mass is 307 g/mol. The van der Waals surface area contributed by atoms with E-state index < -0.39 is 55.4 Å². The summed E-state index contributed by atoms with van der Waals surface area (Å²) in [5.74, 6) is -1.36. The maximum atomic E-state index is 13.1. The first kappa shape index (κ1) is 7.35. The Morgan fingerprint density at radius 3 is 3.32 bits per heavy atom. The molecule has 0 radical (unpaired) electrons. The van der Waals surface area contributed by atoms with Crippen LogP contribution in [-0.2, 0) is 16.6 Å². The first-order valence-electron chi connectivity index (χ1n) is 11.5. The minimum atomic E-state index is -2.76. The number of hydrogen-bond acceptors (Lipinski definition) is 4. The summed E-state index contributed by atoms with van der Waals surface area (Å²) in [6.45, 7) is -2.89. The van der Waals surface area contributed by atoms with E-state index in [0.29, 0.717) is 11.3 Å². The molecule has 0 aromatic heterocycles. The van der Waals surface area contributed by atoms with Gasteiger partial charge in [-0.15, -0.1) is 0 Å². The second-order valence-electron chi connectivity index (χ2n) is 6.27. The molecule has 4 atom stereocenters. The Balaban J connectivity index is 1.90. The molecule has 1 spiro atoms. The van der Waals surface area contributed by atoms with E-state index in [1.165, 1.54) is 19.2 Å². The third-order valence-corrected chi connectivity index (χ3v) is 5.48. The molecule has 1 aromatic carbocycles. The standard InChI is InChI=1S/C18H21NO3/c1-19-8-7-18-11-4-5-13(20)17(18)22-16-14(21-2)6-3-10(15(16)18)9-12(11)19/h3,6,11-12,17H,4-5,7-9H2,1-2H3/t11-,12+,17?,18-/m0/s1/i1D3,5D2,9D2,12D. The molecule has 116 valence electrons. The fourth-order valence-corrected chi connectivity index (χ4v) is 4.55. The zero-order valence-corrected chi connectivity index (χ0v) is 12.1. The van der Waals surface area contributed by atoms with Crippen molar-refractivity contribution in [3.8, 4) is 11.5 Å². The molecule has 5 rings (SSSR count). The van der Waals surface area contributed by atoms with Crippen molar-refractivity contribution in [3.05, 3.63) is 23.3 Å². The molecule has 4 aliphatic rings. The highest BCUT2D eigenvalue weighted by molar-refractivity contribution is 5.89. The lowest BCUT2D eigenvalue weighted by Gasteiger charge is -2.57. The number of ether oxygens (including phenoxy) is 2. The molecular formula is C18H21NO3. The van der Waals surface area contributed by atoms with Crippen LogP contribution >= 0.6 is 0 Å². The summed E-state index contributed by atoms with van der Waals surface area (Å²) >= 11 is 0. The molecule has 1 aromatic rings. The van der Waals surface area contributed by atoms with E-state index in [0.717, 1.165) is 4.90 Å². The van der Waals surface area contributed by atoms with Crippen LogP contribution in [0.5, 0.6) is 11.5 Å². The van der Waals surface area contributed by atoms with Crippen LogP contribution in [0.2, 0.25) is 0 Å². The Morgan fingerprint density at radius 1 is 1.59 bits per heavy atom. The van der Waals surface area contributed by atoms with Crippen molar-refractivity contribution >= 4 is 5.78 Å². The third-order valence-electron chi connectivity index (χ3n) is 5.48. The minimum absolute atomic E-state index is 0.108. The lowest BCUT2D eigenvalue weighted by Crippen LogP contribution is -2.65. The number of likely N-dealkylation sites (N-methyl/N-ethyl adjacent to an activating group) is 1. The first-order valence-corrected chi connectivity index (χ1v) is 7.45. The zero-order valence-electron chi connectivity index (χ0n) is 20.1. The number of hydrogen-bond donors (Lipinski definition) is 0. The number of rotatable bonds is 1. The normalized spacial score (nSPS) is 52.3. The second kappa shape index (κ2) is 4.05. The Morgan fingerprint density at radius 2 is 2.50 bits per heavy atom. The minimum Gasteiger partial charge on any atom is -0.493 e. The predicted molar refractivity (Wildman–Crippen MR) is 81.6 cm³/mol. The van der Waals surface area contributed by atoms with Crippen LogP contribution in [0.4, 0.5) is 0 Å². The van der Waals surface area contributed by atoms with Gasteiger partial charge in [0.15, 0.2) is 23.4 Å². The van der Waals surface area contributed by atoms with E-state index in [1.807, 2.05) is 0 Å². The summed E-state index contributed by atoms with van der Waals surface area (Å²) in [5.41, 5.74) is -0.633. The van der Waals surface area contributed by atoms with Crippen LogP contribution in [0, 0.1) is 5.92 Å². The lowest BCUT2D eigenvalue weighted by atomic mass is 9.52. The van der Waals surface area contributed by atoms with E-state index in [1.54, 1.807) is 0 Å². The average molecular weight is 307 g/mol. The van der Waals surface area contributed by atoms with Crippen molar-refractivity contribution in [2.75, 3.05) is 20.6 Å². The zero-order chi connectivity index (χ0) is 22.1. The van der Waals surface area contributed by atoms with E-state index in [9.17, 15) is 6.17 Å². The Hall–Kier alpha value is -1.55. The van der Waals surface area contributed by atoms with Gasteiger partial charge < -0.3 is 14.4 Å². The van der Waals surface area contributed by atoms with E-state index in [2.05, 4.69) is 0 Å². The van der Waals surface area contributed by atoms with Crippen LogP contribution in [0.3, 0.4) is 0 Å². The molecule has 2 aliphatic heterocycles. The van der Waals surface area contributed by atoms with Gasteiger partial charge in [-0.05, 0) is 50.3 Å². The van der Waals surface area contributed by atoms with Gasteiger partial charge in [0.1, 0.15) is 0 Å². The topological polar surface area (TPSA) is 38.8 Å². The number of methoxy groups -OCH3 is 1. The highest BCUT2D eigenvalue weighted by Gasteiger charge is 2.65. The molecule has 22 heavy (non-hydrogen) atoms. The average Bonchev–Trinajstić information content (AvgIpc) is 2.97. The van der Waals surface area contributed by atoms with Crippen LogP contribution in [0.15, 0.2) is 12.1 Å². The summed E-state index contributed by atoms with van der Waals surface area (Å²) in [6.07, 6.45) is -6.38. The molecule has 1 saturated carbocycles. The maximum absolute atomic E-state index is 13.1. The van der Waals surface area contributed by atoms with E-state index >= 15 is 0 Å². The molecule has 4 nitrogen and oxygen atoms in total. The van der Waals surface area contributed by atoms with Gasteiger partial charge in [-0.2, -0.15) is 0 Å². The smallest absolute Gasteiger partial charge is 0.174 e. The van der Waals surface area contributed by atoms with Gasteiger partial charge in [0, 0.05) is 34.3 Å². The van der Waals surface area contributed by atoms with Gasteiger partial charge in [-0.25, -0.2) is 0 Å². The van der Waals surface area contributed by atoms with Crippen molar-refractivity contribution in [2.45, 2.75) is 43.1 Å². The Kier molecular flexibility index (Phi) is 1.35. The fraction of sp³-hybridized carbons (Fsp3) is 0.611. The van der Waals surface area contributed by atoms with Crippen molar-refractivity contribution in [2.24, 2.45) is 5.92 Å². The predicted octanol–water partition coefficient (Wildman–Crippen LogP) is 1.93. The molecule has 0 amide bonds. The van der Waals surface area contributed by atoms with Crippen molar-refractivity contribution in [1.82, 2.24) is 4.90 Å². The number of carbonyl (C=O) groups excluding carboxylic acids is 1. The highest BCUT2D eigenvalue weighted by Crippen LogP contribution is 2.62. The fourth-order valence-electron chi connectivity index (χ4n) is 4.55. The summed E-state index contributed by atoms with van der Waals surface area (Å²) in [4.78, 5) is 14.0. The first-order chi connectivity index (χ1) is 13.7. The van der Waals surface area contributed by atoms with Crippen LogP contribution in [-0.4, -0.2) is 43.4 Å². The number of piperidine rings is 1. The largest absolute Gasteiger partial charge is 0.493 e. The van der Waals surface area contributed by atoms with Crippen molar-refractivity contribution in [1.29, 1.82) is 0 Å². The summed E-state index contributed by atoms with van der Waals surface area (Å²) in [6, 6.07) is 0.648. The molecule has 4 heteroatoms. The number of carbonyl (C=O) groups is 1. The van der Waals surface area contributed by atoms with Gasteiger partial charge in [0.25, 0.3) is 0 Å². The Labute approximate surface area is 141 Å². The van der Waals surface area contributed by atoms with Crippen LogP contribution in [0.25, 0.3) is 0 Å². The number of benzene rings is 1. The van der Waals surface area contributed by atoms with Gasteiger partial charge >= 0.3 is 0 Å². The molecule has 2 bridgehead atoms. The molecule has 2 fully saturated rings. The SMILES string of the molecule is [2H]C1([2H])C[C@@H]2[C@@]34CCN(C([2H])([2H])[2H])[C@]2([2H])C([2H])([2H])c2ccc(OC)c(c23)OC4C1=O.